The molecule has 0 amide bonds. The van der Waals surface area contributed by atoms with Gasteiger partial charge in [0, 0.05) is 22.8 Å². The molecular weight excluding hydrogens is 290 g/mol. The van der Waals surface area contributed by atoms with E-state index < -0.39 is 0 Å². The molecule has 3 heterocycles. The van der Waals surface area contributed by atoms with E-state index in [1.165, 1.54) is 0 Å². The standard InChI is InChI=1S/C18H19N3O2/c1-21-8-4-5-12(11-21)23-18(22)16-9-14-13-6-2-3-7-15(13)20-17(14)10-19-16/h2-3,6-7,9-10,12,20H,4-5,8,11H2,1H3/t12-/m1/s1. The number of ether oxygens (including phenoxy) is 1. The zero-order valence-electron chi connectivity index (χ0n) is 13.1. The molecule has 1 aromatic carbocycles. The van der Waals surface area contributed by atoms with Gasteiger partial charge in [0.2, 0.25) is 0 Å². The Morgan fingerprint density at radius 2 is 2.17 bits per heavy atom. The minimum atomic E-state index is -0.336. The molecule has 3 aromatic rings. The Labute approximate surface area is 134 Å². The van der Waals surface area contributed by atoms with Gasteiger partial charge >= 0.3 is 5.97 Å². The van der Waals surface area contributed by atoms with Crippen LogP contribution in [0, 0.1) is 0 Å². The average Bonchev–Trinajstić information content (AvgIpc) is 2.92. The molecule has 0 unspecified atom stereocenters. The number of hydrogen-bond acceptors (Lipinski definition) is 4. The zero-order chi connectivity index (χ0) is 15.8. The molecule has 5 nitrogen and oxygen atoms in total. The lowest BCUT2D eigenvalue weighted by Gasteiger charge is -2.29. The summed E-state index contributed by atoms with van der Waals surface area (Å²) in [5.41, 5.74) is 2.35. The molecule has 1 aliphatic heterocycles. The average molecular weight is 309 g/mol. The van der Waals surface area contributed by atoms with E-state index in [0.717, 1.165) is 47.7 Å². The lowest BCUT2D eigenvalue weighted by atomic mass is 10.1. The van der Waals surface area contributed by atoms with Crippen molar-refractivity contribution in [1.29, 1.82) is 0 Å². The molecule has 1 aliphatic rings. The summed E-state index contributed by atoms with van der Waals surface area (Å²) in [6.07, 6.45) is 3.65. The third kappa shape index (κ3) is 2.68. The van der Waals surface area contributed by atoms with E-state index in [1.807, 2.05) is 30.3 Å². The van der Waals surface area contributed by atoms with Gasteiger partial charge in [-0.15, -0.1) is 0 Å². The summed E-state index contributed by atoms with van der Waals surface area (Å²) in [5, 5.41) is 2.10. The molecule has 118 valence electrons. The normalized spacial score (nSPS) is 19.3. The number of nitrogens with zero attached hydrogens (tertiary/aromatic N) is 2. The molecule has 0 bridgehead atoms. The molecule has 4 rings (SSSR count). The number of nitrogens with one attached hydrogen (secondary N) is 1. The van der Waals surface area contributed by atoms with Crippen molar-refractivity contribution < 1.29 is 9.53 Å². The van der Waals surface area contributed by atoms with E-state index in [2.05, 4.69) is 21.9 Å². The molecule has 0 aliphatic carbocycles. The Bertz CT molecular complexity index is 871. The number of para-hydroxylation sites is 1. The number of H-pyrrole nitrogens is 1. The lowest BCUT2D eigenvalue weighted by molar-refractivity contribution is 0.0103. The van der Waals surface area contributed by atoms with Gasteiger partial charge in [0.05, 0.1) is 11.7 Å². The van der Waals surface area contributed by atoms with E-state index in [1.54, 1.807) is 6.20 Å². The first kappa shape index (κ1) is 14.2. The Morgan fingerprint density at radius 3 is 3.04 bits per heavy atom. The van der Waals surface area contributed by atoms with Crippen LogP contribution in [0.3, 0.4) is 0 Å². The number of fused-ring (bicyclic) bond motifs is 3. The third-order valence-electron chi connectivity index (χ3n) is 4.45. The maximum absolute atomic E-state index is 12.4. The van der Waals surface area contributed by atoms with Crippen molar-refractivity contribution in [3.63, 3.8) is 0 Å². The molecule has 0 spiro atoms. The second-order valence-corrected chi connectivity index (χ2v) is 6.22. The predicted octanol–water partition coefficient (Wildman–Crippen LogP) is 2.97. The van der Waals surface area contributed by atoms with Crippen LogP contribution < -0.4 is 0 Å². The smallest absolute Gasteiger partial charge is 0.357 e. The Kier molecular flexibility index (Phi) is 3.50. The number of aromatic nitrogens is 2. The van der Waals surface area contributed by atoms with E-state index >= 15 is 0 Å². The first-order chi connectivity index (χ1) is 11.2. The fraction of sp³-hybridized carbons (Fsp3) is 0.333. The Morgan fingerprint density at radius 1 is 1.30 bits per heavy atom. The van der Waals surface area contributed by atoms with Crippen LogP contribution in [0.15, 0.2) is 36.5 Å². The van der Waals surface area contributed by atoms with Crippen molar-refractivity contribution in [2.24, 2.45) is 0 Å². The highest BCUT2D eigenvalue weighted by atomic mass is 16.5. The summed E-state index contributed by atoms with van der Waals surface area (Å²) in [7, 11) is 2.05. The lowest BCUT2D eigenvalue weighted by Crippen LogP contribution is -2.38. The zero-order valence-corrected chi connectivity index (χ0v) is 13.1. The van der Waals surface area contributed by atoms with E-state index in [9.17, 15) is 4.79 Å². The van der Waals surface area contributed by atoms with Crippen LogP contribution in [-0.4, -0.2) is 47.1 Å². The van der Waals surface area contributed by atoms with E-state index in [0.29, 0.717) is 5.69 Å². The molecule has 1 saturated heterocycles. The van der Waals surface area contributed by atoms with Gasteiger partial charge in [0.25, 0.3) is 0 Å². The molecular formula is C18H19N3O2. The van der Waals surface area contributed by atoms with E-state index in [4.69, 9.17) is 4.74 Å². The number of esters is 1. The summed E-state index contributed by atoms with van der Waals surface area (Å²) >= 11 is 0. The van der Waals surface area contributed by atoms with Gasteiger partial charge in [0.1, 0.15) is 11.8 Å². The molecule has 1 fully saturated rings. The summed E-state index contributed by atoms with van der Waals surface area (Å²) in [6.45, 7) is 1.86. The molecule has 0 radical (unpaired) electrons. The van der Waals surface area contributed by atoms with Crippen LogP contribution in [-0.2, 0) is 4.74 Å². The summed E-state index contributed by atoms with van der Waals surface area (Å²) in [6, 6.07) is 9.86. The van der Waals surface area contributed by atoms with Crippen molar-refractivity contribution in [1.82, 2.24) is 14.9 Å². The highest BCUT2D eigenvalue weighted by Gasteiger charge is 2.22. The fourth-order valence-electron chi connectivity index (χ4n) is 3.29. The largest absolute Gasteiger partial charge is 0.456 e. The number of rotatable bonds is 2. The van der Waals surface area contributed by atoms with Crippen LogP contribution in [0.2, 0.25) is 0 Å². The topological polar surface area (TPSA) is 58.2 Å². The fourth-order valence-corrected chi connectivity index (χ4v) is 3.29. The van der Waals surface area contributed by atoms with Crippen LogP contribution in [0.4, 0.5) is 0 Å². The summed E-state index contributed by atoms with van der Waals surface area (Å²) < 4.78 is 5.63. The van der Waals surface area contributed by atoms with Gasteiger partial charge in [-0.3, -0.25) is 0 Å². The van der Waals surface area contributed by atoms with Crippen LogP contribution in [0.25, 0.3) is 21.8 Å². The molecule has 0 saturated carbocycles. The van der Waals surface area contributed by atoms with Crippen LogP contribution in [0.1, 0.15) is 23.3 Å². The maximum atomic E-state index is 12.4. The first-order valence-corrected chi connectivity index (χ1v) is 7.97. The van der Waals surface area contributed by atoms with Gasteiger partial charge in [-0.2, -0.15) is 0 Å². The second-order valence-electron chi connectivity index (χ2n) is 6.22. The molecule has 1 N–H and O–H groups in total. The number of pyridine rings is 1. The number of piperidine rings is 1. The molecule has 1 atom stereocenters. The molecule has 2 aromatic heterocycles. The maximum Gasteiger partial charge on any atom is 0.357 e. The summed E-state index contributed by atoms with van der Waals surface area (Å²) in [4.78, 5) is 22.2. The monoisotopic (exact) mass is 309 g/mol. The van der Waals surface area contributed by atoms with Crippen molar-refractivity contribution in [2.75, 3.05) is 20.1 Å². The minimum Gasteiger partial charge on any atom is -0.456 e. The SMILES string of the molecule is CN1CCC[C@@H](OC(=O)c2cc3c(cn2)[nH]c2ccccc23)C1. The molecule has 5 heteroatoms. The summed E-state index contributed by atoms with van der Waals surface area (Å²) in [5.74, 6) is -0.336. The van der Waals surface area contributed by atoms with Crippen LogP contribution in [0.5, 0.6) is 0 Å². The number of hydrogen-bond donors (Lipinski definition) is 1. The number of carbonyl (C=O) groups is 1. The highest BCUT2D eigenvalue weighted by Crippen LogP contribution is 2.25. The second kappa shape index (κ2) is 5.66. The Balaban J connectivity index is 1.63. The number of carbonyl (C=O) groups excluding carboxylic acids is 1. The number of benzene rings is 1. The number of likely N-dealkylation sites (N-methyl/N-ethyl adjacent to an activating group) is 1. The van der Waals surface area contributed by atoms with Crippen LogP contribution >= 0.6 is 0 Å². The molecule has 23 heavy (non-hydrogen) atoms. The predicted molar refractivity (Wildman–Crippen MR) is 89.5 cm³/mol. The third-order valence-corrected chi connectivity index (χ3v) is 4.45. The van der Waals surface area contributed by atoms with Gasteiger partial charge in [-0.1, -0.05) is 18.2 Å². The van der Waals surface area contributed by atoms with Crippen molar-refractivity contribution in [2.45, 2.75) is 18.9 Å². The quantitative estimate of drug-likeness (QED) is 0.739. The first-order valence-electron chi connectivity index (χ1n) is 7.97. The minimum absolute atomic E-state index is 0.0401. The van der Waals surface area contributed by atoms with Gasteiger partial charge < -0.3 is 14.6 Å². The van der Waals surface area contributed by atoms with Gasteiger partial charge in [-0.05, 0) is 38.6 Å². The van der Waals surface area contributed by atoms with Gasteiger partial charge in [-0.25, -0.2) is 9.78 Å². The van der Waals surface area contributed by atoms with Crippen molar-refractivity contribution in [3.8, 4) is 0 Å². The highest BCUT2D eigenvalue weighted by molar-refractivity contribution is 6.08. The van der Waals surface area contributed by atoms with Crippen molar-refractivity contribution in [3.05, 3.63) is 42.2 Å². The van der Waals surface area contributed by atoms with Crippen molar-refractivity contribution >= 4 is 27.8 Å². The van der Waals surface area contributed by atoms with Gasteiger partial charge in [0.15, 0.2) is 0 Å². The number of aromatic amines is 1. The number of likely N-dealkylation sites (tertiary alicyclic amines) is 1. The van der Waals surface area contributed by atoms with E-state index in [-0.39, 0.29) is 12.1 Å². The Hall–Kier alpha value is -2.40.